The van der Waals surface area contributed by atoms with Gasteiger partial charge in [0.25, 0.3) is 0 Å². The number of nitrogens with two attached hydrogens (primary N) is 1. The number of aryl methyl sites for hydroxylation is 1. The molecule has 1 saturated carbocycles. The quantitative estimate of drug-likeness (QED) is 0.268. The van der Waals surface area contributed by atoms with Gasteiger partial charge in [0.15, 0.2) is 0 Å². The molecule has 6 rings (SSSR count). The maximum atomic E-state index is 13.4. The number of primary amides is 1. The topological polar surface area (TPSA) is 196 Å². The monoisotopic (exact) mass is 821 g/mol. The number of carbonyl (C=O) groups is 4. The van der Waals surface area contributed by atoms with Crippen molar-refractivity contribution in [3.05, 3.63) is 42.1 Å². The zero-order valence-corrected chi connectivity index (χ0v) is 36.1. The molecule has 0 spiro atoms. The molecule has 0 unspecified atom stereocenters. The predicted molar refractivity (Wildman–Crippen MR) is 228 cm³/mol. The summed E-state index contributed by atoms with van der Waals surface area (Å²) in [6.07, 6.45) is 10.2. The normalized spacial score (nSPS) is 23.6. The summed E-state index contributed by atoms with van der Waals surface area (Å²) in [6.45, 7) is 18.1. The second-order valence-electron chi connectivity index (χ2n) is 16.3. The fraction of sp³-hybridized carbons (Fsp3) is 0.643. The number of carbonyl (C=O) groups excluding carboxylic acids is 4. The molecule has 0 radical (unpaired) electrons. The van der Waals surface area contributed by atoms with Gasteiger partial charge in [-0.05, 0) is 90.5 Å². The molecular formula is C42H71N5O9S. The number of ether oxygens (including phenoxy) is 3. The van der Waals surface area contributed by atoms with Gasteiger partial charge in [0.05, 0.1) is 23.6 Å². The summed E-state index contributed by atoms with van der Waals surface area (Å²) in [5.74, 6) is 1.64. The van der Waals surface area contributed by atoms with Gasteiger partial charge in [-0.3, -0.25) is 19.1 Å². The highest BCUT2D eigenvalue weighted by Crippen LogP contribution is 2.42. The molecule has 4 aliphatic rings. The zero-order valence-electron chi connectivity index (χ0n) is 35.3. The first-order chi connectivity index (χ1) is 26.8. The molecule has 4 amide bonds. The third kappa shape index (κ3) is 14.2. The van der Waals surface area contributed by atoms with E-state index in [0.717, 1.165) is 54.3 Å². The molecule has 4 heterocycles. The number of nitrogens with zero attached hydrogens (tertiary/aromatic N) is 2. The molecule has 2 aromatic rings. The SMILES string of the molecule is CC.CC(=O)NS(=O)(=O)C1(C)CC1.CC(C)(C)OC(N)=O.C[C@H]1CC/C=C\CNC(=O)[C@@H]2C[C@@H](Oc3nc4c(c5ccccc35)OCCC4)CN2C(=O)C[C@H](C)C1.[HH].[HH].[HH]. The lowest BCUT2D eigenvalue weighted by molar-refractivity contribution is -0.139. The van der Waals surface area contributed by atoms with Crippen LogP contribution in [0.4, 0.5) is 4.79 Å². The first-order valence-electron chi connectivity index (χ1n) is 20.2. The van der Waals surface area contributed by atoms with Crippen molar-refractivity contribution in [2.24, 2.45) is 17.6 Å². The summed E-state index contributed by atoms with van der Waals surface area (Å²) in [7, 11) is -3.39. The number of hydrogen-bond donors (Lipinski definition) is 3. The van der Waals surface area contributed by atoms with E-state index < -0.39 is 38.4 Å². The van der Waals surface area contributed by atoms with Crippen LogP contribution in [0, 0.1) is 11.8 Å². The van der Waals surface area contributed by atoms with Gasteiger partial charge in [-0.2, -0.15) is 0 Å². The molecule has 1 aromatic carbocycles. The molecule has 4 N–H and O–H groups in total. The minimum absolute atomic E-state index is 0. The number of rotatable bonds is 4. The Morgan fingerprint density at radius 2 is 1.74 bits per heavy atom. The van der Waals surface area contributed by atoms with Crippen molar-refractivity contribution in [1.82, 2.24) is 19.9 Å². The summed E-state index contributed by atoms with van der Waals surface area (Å²) < 4.78 is 40.6. The van der Waals surface area contributed by atoms with Gasteiger partial charge in [-0.15, -0.1) is 0 Å². The molecule has 2 fully saturated rings. The Balaban J connectivity index is 0.00000121. The minimum atomic E-state index is -3.39. The molecule has 0 bridgehead atoms. The Morgan fingerprint density at radius 3 is 2.33 bits per heavy atom. The number of fused-ring (bicyclic) bond motifs is 4. The van der Waals surface area contributed by atoms with Gasteiger partial charge >= 0.3 is 6.09 Å². The minimum Gasteiger partial charge on any atom is -0.491 e. The highest BCUT2D eigenvalue weighted by atomic mass is 32.2. The van der Waals surface area contributed by atoms with Crippen LogP contribution in [0.2, 0.25) is 0 Å². The number of sulfonamides is 1. The summed E-state index contributed by atoms with van der Waals surface area (Å²) in [5.41, 5.74) is 5.18. The van der Waals surface area contributed by atoms with Gasteiger partial charge in [-0.25, -0.2) is 18.2 Å². The average Bonchev–Trinajstić information content (AvgIpc) is 3.75. The number of allylic oxidation sites excluding steroid dienone is 1. The van der Waals surface area contributed by atoms with Gasteiger partial charge < -0.3 is 30.2 Å². The van der Waals surface area contributed by atoms with Gasteiger partial charge in [0.1, 0.15) is 23.5 Å². The van der Waals surface area contributed by atoms with Crippen LogP contribution in [0.3, 0.4) is 0 Å². The van der Waals surface area contributed by atoms with Crippen molar-refractivity contribution >= 4 is 44.6 Å². The molecule has 57 heavy (non-hydrogen) atoms. The van der Waals surface area contributed by atoms with E-state index in [2.05, 4.69) is 30.0 Å². The van der Waals surface area contributed by atoms with Crippen molar-refractivity contribution < 1.29 is 46.1 Å². The van der Waals surface area contributed by atoms with Crippen molar-refractivity contribution in [3.63, 3.8) is 0 Å². The fourth-order valence-electron chi connectivity index (χ4n) is 6.88. The van der Waals surface area contributed by atoms with Gasteiger partial charge in [0.2, 0.25) is 33.6 Å². The molecule has 324 valence electrons. The van der Waals surface area contributed by atoms with Crippen molar-refractivity contribution in [2.45, 2.75) is 143 Å². The fourth-order valence-corrected chi connectivity index (χ4v) is 8.14. The van der Waals surface area contributed by atoms with E-state index in [9.17, 15) is 27.6 Å². The predicted octanol–water partition coefficient (Wildman–Crippen LogP) is 7.08. The van der Waals surface area contributed by atoms with Gasteiger partial charge in [0, 0.05) is 41.4 Å². The van der Waals surface area contributed by atoms with Crippen LogP contribution in [-0.4, -0.2) is 84.3 Å². The van der Waals surface area contributed by atoms with Crippen LogP contribution in [0.25, 0.3) is 10.8 Å². The van der Waals surface area contributed by atoms with E-state index in [1.807, 2.05) is 48.9 Å². The molecule has 1 aromatic heterocycles. The number of amides is 4. The van der Waals surface area contributed by atoms with E-state index in [-0.39, 0.29) is 28.1 Å². The molecule has 1 aliphatic carbocycles. The molecule has 3 aliphatic heterocycles. The lowest BCUT2D eigenvalue weighted by Gasteiger charge is -2.26. The van der Waals surface area contributed by atoms with E-state index in [1.165, 1.54) is 6.92 Å². The molecule has 4 atom stereocenters. The third-order valence-electron chi connectivity index (χ3n) is 9.87. The smallest absolute Gasteiger partial charge is 0.405 e. The first kappa shape index (κ1) is 47.0. The molecule has 1 saturated heterocycles. The largest absolute Gasteiger partial charge is 0.491 e. The van der Waals surface area contributed by atoms with Crippen LogP contribution < -0.4 is 25.2 Å². The molecular weight excluding hydrogens is 751 g/mol. The number of benzene rings is 1. The van der Waals surface area contributed by atoms with E-state index in [0.29, 0.717) is 57.2 Å². The van der Waals surface area contributed by atoms with Crippen LogP contribution >= 0.6 is 0 Å². The van der Waals surface area contributed by atoms with Crippen LogP contribution in [0.15, 0.2) is 36.4 Å². The Kier molecular flexibility index (Phi) is 17.2. The van der Waals surface area contributed by atoms with Gasteiger partial charge in [-0.1, -0.05) is 58.0 Å². The number of hydrogen-bond acceptors (Lipinski definition) is 10. The third-order valence-corrected chi connectivity index (χ3v) is 12.1. The molecule has 15 heteroatoms. The van der Waals surface area contributed by atoms with Crippen molar-refractivity contribution in [1.29, 1.82) is 0 Å². The summed E-state index contributed by atoms with van der Waals surface area (Å²) >= 11 is 0. The number of aromatic nitrogens is 1. The zero-order chi connectivity index (χ0) is 42.6. The van der Waals surface area contributed by atoms with Crippen LogP contribution in [-0.2, 0) is 35.6 Å². The maximum Gasteiger partial charge on any atom is 0.405 e. The number of nitrogens with one attached hydrogen (secondary N) is 2. The van der Waals surface area contributed by atoms with E-state index >= 15 is 0 Å². The average molecular weight is 822 g/mol. The molecule has 14 nitrogen and oxygen atoms in total. The lowest BCUT2D eigenvalue weighted by atomic mass is 9.91. The summed E-state index contributed by atoms with van der Waals surface area (Å²) in [4.78, 5) is 53.5. The number of pyridine rings is 1. The Hall–Kier alpha value is -4.40. The lowest BCUT2D eigenvalue weighted by Crippen LogP contribution is -2.46. The van der Waals surface area contributed by atoms with Crippen LogP contribution in [0.5, 0.6) is 11.6 Å². The highest BCUT2D eigenvalue weighted by Gasteiger charge is 2.50. The van der Waals surface area contributed by atoms with E-state index in [4.69, 9.17) is 20.2 Å². The summed E-state index contributed by atoms with van der Waals surface area (Å²) in [5, 5.41) is 4.89. The van der Waals surface area contributed by atoms with Crippen molar-refractivity contribution in [2.75, 3.05) is 19.7 Å². The highest BCUT2D eigenvalue weighted by molar-refractivity contribution is 7.91. The first-order valence-corrected chi connectivity index (χ1v) is 21.7. The Morgan fingerprint density at radius 1 is 1.07 bits per heavy atom. The maximum absolute atomic E-state index is 13.4. The standard InChI is InChI=1S/C29H37N3O4.C6H11NO3S.C5H11NO2.C2H6.3H2/c1-19-9-4-3-7-13-30-28(34)25-17-21(18-32(25)26(33)16-20(2)15-19)36-29-23-11-6-5-10-22(23)27-24(31-29)12-8-14-35-27;1-5(8)7-11(9,10)6(2)3-4-6;1-5(2,3)8-4(6)7;1-2;;;/h3,5-7,10-11,19-21,25H,4,8-9,12-18H2,1-2H3,(H,30,34);3-4H2,1-2H3,(H,7,8);1-3H3,(H2,6,7);1-2H3;3*1H/b7-3-;;;;;;/t19-,20+,21+,25-;;;;;;/m0....../s1. The summed E-state index contributed by atoms with van der Waals surface area (Å²) in [6, 6.07) is 7.46. The second-order valence-corrected chi connectivity index (χ2v) is 18.5. The second kappa shape index (κ2) is 20.9. The van der Waals surface area contributed by atoms with Crippen LogP contribution in [0.1, 0.15) is 124 Å². The Bertz CT molecular complexity index is 1860. The van der Waals surface area contributed by atoms with Crippen molar-refractivity contribution in [3.8, 4) is 11.6 Å². The van der Waals surface area contributed by atoms with E-state index in [1.54, 1.807) is 32.6 Å². The Labute approximate surface area is 343 Å².